The van der Waals surface area contributed by atoms with Crippen LogP contribution in [0.2, 0.25) is 0 Å². The van der Waals surface area contributed by atoms with Gasteiger partial charge in [-0.25, -0.2) is 9.59 Å². The monoisotopic (exact) mass is 314 g/mol. The molecule has 0 aliphatic rings. The molecule has 2 rings (SSSR count). The Labute approximate surface area is 134 Å². The second-order valence-electron chi connectivity index (χ2n) is 4.81. The van der Waals surface area contributed by atoms with Crippen LogP contribution in [-0.4, -0.2) is 37.3 Å². The van der Waals surface area contributed by atoms with Crippen LogP contribution in [0.3, 0.4) is 0 Å². The third-order valence-corrected chi connectivity index (χ3v) is 3.47. The van der Waals surface area contributed by atoms with E-state index in [0.717, 1.165) is 11.1 Å². The third kappa shape index (κ3) is 4.06. The Hall–Kier alpha value is -2.89. The summed E-state index contributed by atoms with van der Waals surface area (Å²) >= 11 is 0. The number of nitrogens with zero attached hydrogens (tertiary/aromatic N) is 1. The minimum Gasteiger partial charge on any atom is -0.467 e. The molecule has 0 unspecified atom stereocenters. The Bertz CT molecular complexity index is 607. The van der Waals surface area contributed by atoms with Gasteiger partial charge in [0.1, 0.15) is 6.04 Å². The first-order valence-electron chi connectivity index (χ1n) is 7.04. The van der Waals surface area contributed by atoms with E-state index in [2.05, 4.69) is 15.0 Å². The number of nitrogens with one attached hydrogen (secondary N) is 1. The number of benzene rings is 1. The first-order valence-corrected chi connectivity index (χ1v) is 7.04. The Morgan fingerprint density at radius 2 is 1.57 bits per heavy atom. The van der Waals surface area contributed by atoms with Crippen LogP contribution in [0.4, 0.5) is 4.79 Å². The van der Waals surface area contributed by atoms with E-state index in [1.807, 2.05) is 30.3 Å². The molecule has 0 saturated heterocycles. The zero-order chi connectivity index (χ0) is 16.7. The van der Waals surface area contributed by atoms with E-state index in [4.69, 9.17) is 4.74 Å². The molecule has 0 spiro atoms. The number of aromatic nitrogens is 1. The minimum absolute atomic E-state index is 0.425. The van der Waals surface area contributed by atoms with Crippen molar-refractivity contribution < 1.29 is 19.1 Å². The van der Waals surface area contributed by atoms with Gasteiger partial charge >= 0.3 is 12.1 Å². The van der Waals surface area contributed by atoms with E-state index in [1.54, 1.807) is 24.5 Å². The fourth-order valence-corrected chi connectivity index (χ4v) is 2.40. The Balaban J connectivity index is 2.48. The molecule has 0 radical (unpaired) electrons. The molecule has 1 heterocycles. The maximum Gasteiger partial charge on any atom is 0.407 e. The SMILES string of the molecule is COC(=O)N[C@H](C(=O)OC)[C@@H](c1ccccc1)c1ccncc1. The number of amides is 1. The number of hydrogen-bond acceptors (Lipinski definition) is 5. The van der Waals surface area contributed by atoms with Crippen molar-refractivity contribution in [2.24, 2.45) is 0 Å². The number of pyridine rings is 1. The zero-order valence-electron chi connectivity index (χ0n) is 12.9. The highest BCUT2D eigenvalue weighted by Gasteiger charge is 2.33. The Morgan fingerprint density at radius 3 is 2.13 bits per heavy atom. The van der Waals surface area contributed by atoms with E-state index in [0.29, 0.717) is 0 Å². The summed E-state index contributed by atoms with van der Waals surface area (Å²) in [6, 6.07) is 12.1. The number of hydrogen-bond donors (Lipinski definition) is 1. The van der Waals surface area contributed by atoms with Gasteiger partial charge in [0.25, 0.3) is 0 Å². The van der Waals surface area contributed by atoms with Crippen molar-refractivity contribution in [3.63, 3.8) is 0 Å². The molecule has 2 aromatic rings. The highest BCUT2D eigenvalue weighted by atomic mass is 16.5. The van der Waals surface area contributed by atoms with Gasteiger partial charge in [-0.3, -0.25) is 4.98 Å². The fraction of sp³-hybridized carbons (Fsp3) is 0.235. The summed E-state index contributed by atoms with van der Waals surface area (Å²) in [5.41, 5.74) is 1.70. The van der Waals surface area contributed by atoms with E-state index in [9.17, 15) is 9.59 Å². The smallest absolute Gasteiger partial charge is 0.407 e. The molecule has 23 heavy (non-hydrogen) atoms. The predicted octanol–water partition coefficient (Wildman–Crippen LogP) is 2.11. The van der Waals surface area contributed by atoms with Crippen LogP contribution in [-0.2, 0) is 14.3 Å². The van der Waals surface area contributed by atoms with Crippen LogP contribution < -0.4 is 5.32 Å². The van der Waals surface area contributed by atoms with Crippen molar-refractivity contribution in [1.29, 1.82) is 0 Å². The Morgan fingerprint density at radius 1 is 0.957 bits per heavy atom. The molecule has 1 aromatic carbocycles. The largest absolute Gasteiger partial charge is 0.467 e. The molecule has 0 saturated carbocycles. The summed E-state index contributed by atoms with van der Waals surface area (Å²) in [6.45, 7) is 0. The number of rotatable bonds is 5. The minimum atomic E-state index is -0.919. The quantitative estimate of drug-likeness (QED) is 0.855. The van der Waals surface area contributed by atoms with Crippen LogP contribution in [0.25, 0.3) is 0 Å². The van der Waals surface area contributed by atoms with Crippen molar-refractivity contribution in [2.75, 3.05) is 14.2 Å². The van der Waals surface area contributed by atoms with Gasteiger partial charge in [0.15, 0.2) is 0 Å². The predicted molar refractivity (Wildman–Crippen MR) is 83.9 cm³/mol. The van der Waals surface area contributed by atoms with E-state index < -0.39 is 24.0 Å². The second kappa shape index (κ2) is 7.93. The number of alkyl carbamates (subject to hydrolysis) is 1. The average molecular weight is 314 g/mol. The van der Waals surface area contributed by atoms with Crippen LogP contribution in [0, 0.1) is 0 Å². The number of esters is 1. The zero-order valence-corrected chi connectivity index (χ0v) is 12.9. The van der Waals surface area contributed by atoms with Crippen molar-refractivity contribution in [3.05, 3.63) is 66.0 Å². The highest BCUT2D eigenvalue weighted by molar-refractivity contribution is 5.83. The molecule has 6 nitrogen and oxygen atoms in total. The summed E-state index contributed by atoms with van der Waals surface area (Å²) in [4.78, 5) is 27.9. The van der Waals surface area contributed by atoms with E-state index in [1.165, 1.54) is 14.2 Å². The molecule has 0 aliphatic carbocycles. The molecule has 1 N–H and O–H groups in total. The van der Waals surface area contributed by atoms with Gasteiger partial charge in [-0.1, -0.05) is 30.3 Å². The van der Waals surface area contributed by atoms with Crippen LogP contribution in [0.15, 0.2) is 54.9 Å². The lowest BCUT2D eigenvalue weighted by Crippen LogP contribution is -2.46. The van der Waals surface area contributed by atoms with Gasteiger partial charge in [-0.2, -0.15) is 0 Å². The molecule has 6 heteroatoms. The second-order valence-corrected chi connectivity index (χ2v) is 4.81. The van der Waals surface area contributed by atoms with E-state index >= 15 is 0 Å². The summed E-state index contributed by atoms with van der Waals surface area (Å²) in [7, 11) is 2.52. The van der Waals surface area contributed by atoms with Crippen LogP contribution >= 0.6 is 0 Å². The number of carbonyl (C=O) groups is 2. The van der Waals surface area contributed by atoms with Crippen LogP contribution in [0.5, 0.6) is 0 Å². The maximum atomic E-state index is 12.2. The number of carbonyl (C=O) groups excluding carboxylic acids is 2. The number of methoxy groups -OCH3 is 2. The van der Waals surface area contributed by atoms with Gasteiger partial charge in [0.2, 0.25) is 0 Å². The first kappa shape index (κ1) is 16.5. The molecule has 0 aliphatic heterocycles. The lowest BCUT2D eigenvalue weighted by Gasteiger charge is -2.26. The topological polar surface area (TPSA) is 77.5 Å². The standard InChI is InChI=1S/C17H18N2O4/c1-22-16(20)15(19-17(21)23-2)14(12-6-4-3-5-7-12)13-8-10-18-11-9-13/h3-11,14-15H,1-2H3,(H,19,21)/t14-,15-/m0/s1. The molecular weight excluding hydrogens is 296 g/mol. The number of ether oxygens (including phenoxy) is 2. The molecule has 2 atom stereocenters. The van der Waals surface area contributed by atoms with Gasteiger partial charge in [-0.15, -0.1) is 0 Å². The summed E-state index contributed by atoms with van der Waals surface area (Å²) in [5.74, 6) is -0.980. The third-order valence-electron chi connectivity index (χ3n) is 3.47. The van der Waals surface area contributed by atoms with Crippen molar-refractivity contribution in [2.45, 2.75) is 12.0 Å². The molecule has 1 aromatic heterocycles. The van der Waals surface area contributed by atoms with Gasteiger partial charge in [-0.05, 0) is 23.3 Å². The molecule has 0 fully saturated rings. The molecular formula is C17H18N2O4. The van der Waals surface area contributed by atoms with E-state index in [-0.39, 0.29) is 0 Å². The van der Waals surface area contributed by atoms with Crippen LogP contribution in [0.1, 0.15) is 17.0 Å². The summed E-state index contributed by atoms with van der Waals surface area (Å²) in [6.07, 6.45) is 2.57. The highest BCUT2D eigenvalue weighted by Crippen LogP contribution is 2.28. The van der Waals surface area contributed by atoms with Crippen molar-refractivity contribution >= 4 is 12.1 Å². The lowest BCUT2D eigenvalue weighted by molar-refractivity contribution is -0.143. The van der Waals surface area contributed by atoms with Gasteiger partial charge in [0.05, 0.1) is 14.2 Å². The van der Waals surface area contributed by atoms with Gasteiger partial charge < -0.3 is 14.8 Å². The lowest BCUT2D eigenvalue weighted by atomic mass is 9.85. The van der Waals surface area contributed by atoms with Crippen molar-refractivity contribution in [1.82, 2.24) is 10.3 Å². The fourth-order valence-electron chi connectivity index (χ4n) is 2.40. The first-order chi connectivity index (χ1) is 11.2. The maximum absolute atomic E-state index is 12.2. The average Bonchev–Trinajstić information content (AvgIpc) is 2.62. The molecule has 1 amide bonds. The Kier molecular flexibility index (Phi) is 5.68. The normalized spacial score (nSPS) is 12.8. The summed E-state index contributed by atoms with van der Waals surface area (Å²) in [5, 5.41) is 2.56. The van der Waals surface area contributed by atoms with Gasteiger partial charge in [0, 0.05) is 18.3 Å². The molecule has 0 bridgehead atoms. The van der Waals surface area contributed by atoms with Crippen molar-refractivity contribution in [3.8, 4) is 0 Å². The molecule has 120 valence electrons. The summed E-state index contributed by atoms with van der Waals surface area (Å²) < 4.78 is 9.48.